The highest BCUT2D eigenvalue weighted by Gasteiger charge is 2.55. The predicted octanol–water partition coefficient (Wildman–Crippen LogP) is 1.95. The summed E-state index contributed by atoms with van der Waals surface area (Å²) >= 11 is 0. The summed E-state index contributed by atoms with van der Waals surface area (Å²) in [6.07, 6.45) is 3.75. The van der Waals surface area contributed by atoms with Gasteiger partial charge in [0.2, 0.25) is 5.91 Å². The summed E-state index contributed by atoms with van der Waals surface area (Å²) < 4.78 is 10.3. The SMILES string of the molecule is COCCNC(=O)C1c2ccccc2C(=O)N(CCOC)C12CCCC2. The number of hydrogen-bond donors (Lipinski definition) is 1. The molecular formula is C20H28N2O4. The van der Waals surface area contributed by atoms with Crippen molar-refractivity contribution in [3.05, 3.63) is 35.4 Å². The topological polar surface area (TPSA) is 67.9 Å². The van der Waals surface area contributed by atoms with Crippen molar-refractivity contribution in [3.63, 3.8) is 0 Å². The van der Waals surface area contributed by atoms with Crippen LogP contribution >= 0.6 is 0 Å². The minimum Gasteiger partial charge on any atom is -0.383 e. The molecular weight excluding hydrogens is 332 g/mol. The van der Waals surface area contributed by atoms with Crippen molar-refractivity contribution in [2.75, 3.05) is 40.5 Å². The van der Waals surface area contributed by atoms with Gasteiger partial charge in [-0.05, 0) is 24.5 Å². The maximum Gasteiger partial charge on any atom is 0.254 e. The minimum atomic E-state index is -0.457. The van der Waals surface area contributed by atoms with Crippen molar-refractivity contribution in [2.24, 2.45) is 0 Å². The van der Waals surface area contributed by atoms with E-state index in [4.69, 9.17) is 9.47 Å². The summed E-state index contributed by atoms with van der Waals surface area (Å²) in [6.45, 7) is 1.91. The minimum absolute atomic E-state index is 0.0143. The van der Waals surface area contributed by atoms with Gasteiger partial charge >= 0.3 is 0 Å². The molecule has 1 aliphatic carbocycles. The first-order valence-electron chi connectivity index (χ1n) is 9.32. The quantitative estimate of drug-likeness (QED) is 0.755. The van der Waals surface area contributed by atoms with E-state index in [2.05, 4.69) is 5.32 Å². The molecule has 1 saturated carbocycles. The number of nitrogens with zero attached hydrogens (tertiary/aromatic N) is 1. The standard InChI is InChI=1S/C20H28N2O4/c1-25-13-11-21-18(23)17-15-7-3-4-8-16(15)19(24)22(12-14-26-2)20(17)9-5-6-10-20/h3-4,7-8,17H,5-6,9-14H2,1-2H3,(H,21,23). The average Bonchev–Trinajstić information content (AvgIpc) is 3.12. The van der Waals surface area contributed by atoms with Gasteiger partial charge in [-0.3, -0.25) is 9.59 Å². The van der Waals surface area contributed by atoms with E-state index in [-0.39, 0.29) is 17.7 Å². The van der Waals surface area contributed by atoms with Crippen LogP contribution < -0.4 is 5.32 Å². The first-order valence-corrected chi connectivity index (χ1v) is 9.32. The molecule has 0 saturated heterocycles. The Labute approximate surface area is 154 Å². The van der Waals surface area contributed by atoms with Crippen molar-refractivity contribution < 1.29 is 19.1 Å². The van der Waals surface area contributed by atoms with E-state index in [1.165, 1.54) is 0 Å². The zero-order chi connectivity index (χ0) is 18.6. The Bertz CT molecular complexity index is 655. The fourth-order valence-electron chi connectivity index (χ4n) is 4.55. The lowest BCUT2D eigenvalue weighted by molar-refractivity contribution is -0.126. The molecule has 6 nitrogen and oxygen atoms in total. The fourth-order valence-corrected chi connectivity index (χ4v) is 4.55. The molecule has 26 heavy (non-hydrogen) atoms. The van der Waals surface area contributed by atoms with Crippen molar-refractivity contribution in [2.45, 2.75) is 37.1 Å². The number of carbonyl (C=O) groups excluding carboxylic acids is 2. The number of ether oxygens (including phenoxy) is 2. The normalized spacial score (nSPS) is 21.1. The van der Waals surface area contributed by atoms with Gasteiger partial charge in [0.15, 0.2) is 0 Å². The van der Waals surface area contributed by atoms with Gasteiger partial charge in [-0.1, -0.05) is 31.0 Å². The summed E-state index contributed by atoms with van der Waals surface area (Å²) in [5, 5.41) is 3.00. The lowest BCUT2D eigenvalue weighted by atomic mass is 9.71. The summed E-state index contributed by atoms with van der Waals surface area (Å²) in [5.74, 6) is -0.362. The molecule has 1 spiro atoms. The van der Waals surface area contributed by atoms with Crippen molar-refractivity contribution in [3.8, 4) is 0 Å². The number of hydrogen-bond acceptors (Lipinski definition) is 4. The molecule has 1 unspecified atom stereocenters. The zero-order valence-corrected chi connectivity index (χ0v) is 15.6. The van der Waals surface area contributed by atoms with E-state index >= 15 is 0 Å². The lowest BCUT2D eigenvalue weighted by Crippen LogP contribution is -2.61. The first-order chi connectivity index (χ1) is 12.7. The monoisotopic (exact) mass is 360 g/mol. The summed E-state index contributed by atoms with van der Waals surface area (Å²) in [4.78, 5) is 28.3. The molecule has 6 heteroatoms. The third kappa shape index (κ3) is 3.23. The fraction of sp³-hybridized carbons (Fsp3) is 0.600. The second-order valence-electron chi connectivity index (χ2n) is 7.06. The Morgan fingerprint density at radius 3 is 2.58 bits per heavy atom. The van der Waals surface area contributed by atoms with Crippen LogP contribution in [-0.4, -0.2) is 62.8 Å². The Kier molecular flexibility index (Phi) is 5.94. The Morgan fingerprint density at radius 1 is 1.19 bits per heavy atom. The van der Waals surface area contributed by atoms with Gasteiger partial charge in [-0.15, -0.1) is 0 Å². The van der Waals surface area contributed by atoms with E-state index in [9.17, 15) is 9.59 Å². The van der Waals surface area contributed by atoms with Gasteiger partial charge in [0.25, 0.3) is 5.91 Å². The second kappa shape index (κ2) is 8.18. The lowest BCUT2D eigenvalue weighted by Gasteiger charge is -2.50. The molecule has 1 N–H and O–H groups in total. The highest BCUT2D eigenvalue weighted by molar-refractivity contribution is 6.02. The predicted molar refractivity (Wildman–Crippen MR) is 98.2 cm³/mol. The number of benzene rings is 1. The molecule has 2 aliphatic rings. The molecule has 3 rings (SSSR count). The Balaban J connectivity index is 2.03. The maximum absolute atomic E-state index is 13.2. The van der Waals surface area contributed by atoms with Crippen LogP contribution in [-0.2, 0) is 14.3 Å². The van der Waals surface area contributed by atoms with Gasteiger partial charge in [0.05, 0.1) is 24.7 Å². The number of amides is 2. The third-order valence-corrected chi connectivity index (χ3v) is 5.68. The van der Waals surface area contributed by atoms with Gasteiger partial charge in [-0.2, -0.15) is 0 Å². The van der Waals surface area contributed by atoms with Crippen LogP contribution in [0, 0.1) is 0 Å². The third-order valence-electron chi connectivity index (χ3n) is 5.68. The van der Waals surface area contributed by atoms with Crippen molar-refractivity contribution in [1.29, 1.82) is 0 Å². The Morgan fingerprint density at radius 2 is 1.88 bits per heavy atom. The van der Waals surface area contributed by atoms with Gasteiger partial charge in [0.1, 0.15) is 0 Å². The molecule has 0 bridgehead atoms. The van der Waals surface area contributed by atoms with E-state index in [0.29, 0.717) is 31.9 Å². The molecule has 1 fully saturated rings. The van der Waals surface area contributed by atoms with E-state index < -0.39 is 5.54 Å². The van der Waals surface area contributed by atoms with E-state index in [0.717, 1.165) is 31.2 Å². The van der Waals surface area contributed by atoms with Crippen LogP contribution in [0.25, 0.3) is 0 Å². The summed E-state index contributed by atoms with van der Waals surface area (Å²) in [6, 6.07) is 7.53. The number of fused-ring (bicyclic) bond motifs is 1. The average molecular weight is 360 g/mol. The molecule has 1 aromatic rings. The second-order valence-corrected chi connectivity index (χ2v) is 7.06. The zero-order valence-electron chi connectivity index (χ0n) is 15.6. The highest BCUT2D eigenvalue weighted by Crippen LogP contribution is 2.50. The van der Waals surface area contributed by atoms with E-state index in [1.54, 1.807) is 14.2 Å². The molecule has 0 aromatic heterocycles. The van der Waals surface area contributed by atoms with E-state index in [1.807, 2.05) is 29.2 Å². The van der Waals surface area contributed by atoms with Crippen LogP contribution in [0.4, 0.5) is 0 Å². The number of methoxy groups -OCH3 is 2. The molecule has 1 aliphatic heterocycles. The van der Waals surface area contributed by atoms with Crippen molar-refractivity contribution >= 4 is 11.8 Å². The molecule has 1 heterocycles. The van der Waals surface area contributed by atoms with Gasteiger partial charge in [0, 0.05) is 32.9 Å². The Hall–Kier alpha value is -1.92. The summed E-state index contributed by atoms with van der Waals surface area (Å²) in [5.41, 5.74) is 1.03. The number of nitrogens with one attached hydrogen (secondary N) is 1. The van der Waals surface area contributed by atoms with Gasteiger partial charge in [-0.25, -0.2) is 0 Å². The number of rotatable bonds is 7. The highest BCUT2D eigenvalue weighted by atomic mass is 16.5. The molecule has 1 atom stereocenters. The smallest absolute Gasteiger partial charge is 0.254 e. The van der Waals surface area contributed by atoms with Crippen LogP contribution in [0.15, 0.2) is 24.3 Å². The number of carbonyl (C=O) groups is 2. The molecule has 1 aromatic carbocycles. The van der Waals surface area contributed by atoms with Crippen LogP contribution in [0.3, 0.4) is 0 Å². The first kappa shape index (κ1) is 18.9. The van der Waals surface area contributed by atoms with Crippen LogP contribution in [0.1, 0.15) is 47.5 Å². The largest absolute Gasteiger partial charge is 0.383 e. The van der Waals surface area contributed by atoms with Crippen molar-refractivity contribution in [1.82, 2.24) is 10.2 Å². The van der Waals surface area contributed by atoms with Gasteiger partial charge < -0.3 is 19.7 Å². The van der Waals surface area contributed by atoms with Crippen LogP contribution in [0.2, 0.25) is 0 Å². The summed E-state index contributed by atoms with van der Waals surface area (Å²) in [7, 11) is 3.25. The molecule has 142 valence electrons. The molecule has 0 radical (unpaired) electrons. The van der Waals surface area contributed by atoms with Crippen LogP contribution in [0.5, 0.6) is 0 Å². The molecule has 2 amide bonds. The maximum atomic E-state index is 13.2.